The molecule has 3 N–H and O–H groups in total. The molecule has 0 atom stereocenters. The average molecular weight is 329 g/mol. The molecule has 0 heterocycles. The third-order valence-corrected chi connectivity index (χ3v) is 4.58. The Hall–Kier alpha value is -1.20. The molecule has 0 spiro atoms. The predicted molar refractivity (Wildman–Crippen MR) is 86.1 cm³/mol. The van der Waals surface area contributed by atoms with E-state index in [2.05, 4.69) is 5.32 Å². The Balaban J connectivity index is 2.24. The second kappa shape index (κ2) is 6.71. The molecule has 1 aromatic carbocycles. The first-order valence-corrected chi connectivity index (χ1v) is 7.81. The molecular formula is C15H18ClFN2OS. The van der Waals surface area contributed by atoms with Crippen LogP contribution in [0.15, 0.2) is 18.2 Å². The molecule has 1 saturated carbocycles. The maximum atomic E-state index is 13.9. The number of hydrogen-bond acceptors (Lipinski definition) is 2. The van der Waals surface area contributed by atoms with Crippen molar-refractivity contribution in [2.24, 2.45) is 5.73 Å². The summed E-state index contributed by atoms with van der Waals surface area (Å²) in [5.41, 5.74) is 5.11. The summed E-state index contributed by atoms with van der Waals surface area (Å²) in [4.78, 5) is 12.6. The van der Waals surface area contributed by atoms with E-state index < -0.39 is 17.3 Å². The van der Waals surface area contributed by atoms with Gasteiger partial charge < -0.3 is 11.1 Å². The highest BCUT2D eigenvalue weighted by Crippen LogP contribution is 2.28. The van der Waals surface area contributed by atoms with Crippen molar-refractivity contribution in [3.05, 3.63) is 34.6 Å². The van der Waals surface area contributed by atoms with Crippen LogP contribution in [-0.2, 0) is 0 Å². The molecule has 114 valence electrons. The molecule has 3 nitrogen and oxygen atoms in total. The molecule has 2 rings (SSSR count). The van der Waals surface area contributed by atoms with Gasteiger partial charge in [-0.2, -0.15) is 0 Å². The molecular weight excluding hydrogens is 311 g/mol. The van der Waals surface area contributed by atoms with Crippen LogP contribution in [0.2, 0.25) is 5.02 Å². The molecule has 0 aromatic heterocycles. The largest absolute Gasteiger partial charge is 0.391 e. The topological polar surface area (TPSA) is 55.1 Å². The molecule has 0 bridgehead atoms. The number of rotatable bonds is 3. The summed E-state index contributed by atoms with van der Waals surface area (Å²) >= 11 is 10.9. The molecule has 0 unspecified atom stereocenters. The Bertz CT molecular complexity index is 557. The highest BCUT2D eigenvalue weighted by atomic mass is 35.5. The van der Waals surface area contributed by atoms with Crippen molar-refractivity contribution >= 4 is 34.7 Å². The van der Waals surface area contributed by atoms with Gasteiger partial charge in [-0.25, -0.2) is 4.39 Å². The minimum Gasteiger partial charge on any atom is -0.391 e. The Morgan fingerprint density at radius 3 is 2.43 bits per heavy atom. The third-order valence-electron chi connectivity index (χ3n) is 3.96. The summed E-state index contributed by atoms with van der Waals surface area (Å²) in [7, 11) is 0. The number of carbonyl (C=O) groups is 1. The van der Waals surface area contributed by atoms with E-state index in [1.165, 1.54) is 12.1 Å². The van der Waals surface area contributed by atoms with E-state index in [4.69, 9.17) is 29.6 Å². The Kier molecular flexibility index (Phi) is 5.17. The van der Waals surface area contributed by atoms with Gasteiger partial charge in [-0.1, -0.05) is 49.5 Å². The van der Waals surface area contributed by atoms with Gasteiger partial charge in [0, 0.05) is 5.02 Å². The van der Waals surface area contributed by atoms with Crippen LogP contribution in [0.25, 0.3) is 0 Å². The molecule has 21 heavy (non-hydrogen) atoms. The number of amides is 1. The first-order chi connectivity index (χ1) is 9.94. The lowest BCUT2D eigenvalue weighted by atomic mass is 9.89. The molecule has 1 amide bonds. The van der Waals surface area contributed by atoms with Crippen LogP contribution in [0.3, 0.4) is 0 Å². The van der Waals surface area contributed by atoms with Gasteiger partial charge in [-0.05, 0) is 31.0 Å². The highest BCUT2D eigenvalue weighted by Gasteiger charge is 2.36. The Morgan fingerprint density at radius 2 is 1.90 bits per heavy atom. The highest BCUT2D eigenvalue weighted by molar-refractivity contribution is 7.80. The molecule has 1 aliphatic carbocycles. The maximum absolute atomic E-state index is 13.9. The minimum atomic E-state index is -0.713. The van der Waals surface area contributed by atoms with Crippen molar-refractivity contribution in [2.75, 3.05) is 0 Å². The van der Waals surface area contributed by atoms with E-state index in [0.717, 1.165) is 31.7 Å². The predicted octanol–water partition coefficient (Wildman–Crippen LogP) is 3.59. The van der Waals surface area contributed by atoms with Gasteiger partial charge in [-0.3, -0.25) is 4.79 Å². The van der Waals surface area contributed by atoms with E-state index in [9.17, 15) is 9.18 Å². The number of thiocarbonyl (C=S) groups is 1. The number of benzene rings is 1. The number of nitrogens with two attached hydrogens (primary N) is 1. The maximum Gasteiger partial charge on any atom is 0.255 e. The van der Waals surface area contributed by atoms with Crippen LogP contribution < -0.4 is 11.1 Å². The quantitative estimate of drug-likeness (QED) is 0.658. The lowest BCUT2D eigenvalue weighted by molar-refractivity contribution is 0.0913. The van der Waals surface area contributed by atoms with Crippen molar-refractivity contribution in [1.29, 1.82) is 0 Å². The van der Waals surface area contributed by atoms with Gasteiger partial charge in [0.1, 0.15) is 5.82 Å². The van der Waals surface area contributed by atoms with E-state index >= 15 is 0 Å². The number of hydrogen-bond donors (Lipinski definition) is 2. The fourth-order valence-corrected chi connectivity index (χ4v) is 3.14. The number of halogens is 2. The number of carbonyl (C=O) groups excluding carboxylic acids is 1. The fourth-order valence-electron chi connectivity index (χ4n) is 2.72. The average Bonchev–Trinajstić information content (AvgIpc) is 2.65. The monoisotopic (exact) mass is 328 g/mol. The van der Waals surface area contributed by atoms with Crippen LogP contribution in [-0.4, -0.2) is 16.4 Å². The van der Waals surface area contributed by atoms with Crippen molar-refractivity contribution in [1.82, 2.24) is 5.32 Å². The lowest BCUT2D eigenvalue weighted by Gasteiger charge is -2.33. The van der Waals surface area contributed by atoms with E-state index in [0.29, 0.717) is 12.8 Å². The summed E-state index contributed by atoms with van der Waals surface area (Å²) in [6.07, 6.45) is 5.47. The number of nitrogens with one attached hydrogen (secondary N) is 1. The first kappa shape index (κ1) is 16.2. The van der Waals surface area contributed by atoms with Gasteiger partial charge in [0.05, 0.1) is 16.1 Å². The van der Waals surface area contributed by atoms with Gasteiger partial charge in [0.15, 0.2) is 0 Å². The molecule has 1 aromatic rings. The zero-order valence-corrected chi connectivity index (χ0v) is 13.2. The molecule has 1 aliphatic rings. The van der Waals surface area contributed by atoms with Crippen LogP contribution in [0.4, 0.5) is 4.39 Å². The summed E-state index contributed by atoms with van der Waals surface area (Å²) in [6.45, 7) is 0. The van der Waals surface area contributed by atoms with E-state index in [1.54, 1.807) is 0 Å². The van der Waals surface area contributed by atoms with Gasteiger partial charge in [0.2, 0.25) is 0 Å². The SMILES string of the molecule is NC(=S)C1(NC(=O)c2ccc(Cl)cc2F)CCCCCC1. The van der Waals surface area contributed by atoms with Crippen LogP contribution in [0.5, 0.6) is 0 Å². The Morgan fingerprint density at radius 1 is 1.29 bits per heavy atom. The van der Waals surface area contributed by atoms with Crippen molar-refractivity contribution in [2.45, 2.75) is 44.1 Å². The molecule has 0 aliphatic heterocycles. The smallest absolute Gasteiger partial charge is 0.255 e. The van der Waals surface area contributed by atoms with Crippen LogP contribution in [0, 0.1) is 5.82 Å². The molecule has 1 fully saturated rings. The van der Waals surface area contributed by atoms with Crippen LogP contribution >= 0.6 is 23.8 Å². The van der Waals surface area contributed by atoms with Gasteiger partial charge in [0.25, 0.3) is 5.91 Å². The minimum absolute atomic E-state index is 0.0423. The standard InChI is InChI=1S/C15H18ClFN2OS/c16-10-5-6-11(12(17)9-10)13(20)19-15(14(18)21)7-3-1-2-4-8-15/h5-6,9H,1-4,7-8H2,(H2,18,21)(H,19,20). The fraction of sp³-hybridized carbons (Fsp3) is 0.467. The van der Waals surface area contributed by atoms with Crippen molar-refractivity contribution in [3.8, 4) is 0 Å². The summed E-state index contributed by atoms with van der Waals surface area (Å²) in [6, 6.07) is 3.98. The zero-order chi connectivity index (χ0) is 15.5. The second-order valence-electron chi connectivity index (χ2n) is 5.44. The summed E-state index contributed by atoms with van der Waals surface area (Å²) < 4.78 is 13.9. The second-order valence-corrected chi connectivity index (χ2v) is 6.32. The normalized spacial score (nSPS) is 17.8. The zero-order valence-electron chi connectivity index (χ0n) is 11.6. The van der Waals surface area contributed by atoms with E-state index in [-0.39, 0.29) is 15.6 Å². The third kappa shape index (κ3) is 3.71. The van der Waals surface area contributed by atoms with Gasteiger partial charge in [-0.15, -0.1) is 0 Å². The molecule has 0 saturated heterocycles. The summed E-state index contributed by atoms with van der Waals surface area (Å²) in [5.74, 6) is -1.15. The Labute approximate surface area is 134 Å². The van der Waals surface area contributed by atoms with Crippen molar-refractivity contribution in [3.63, 3.8) is 0 Å². The van der Waals surface area contributed by atoms with Crippen molar-refractivity contribution < 1.29 is 9.18 Å². The molecule has 0 radical (unpaired) electrons. The summed E-state index contributed by atoms with van der Waals surface area (Å²) in [5, 5.41) is 3.11. The lowest BCUT2D eigenvalue weighted by Crippen LogP contribution is -2.56. The molecule has 6 heteroatoms. The van der Waals surface area contributed by atoms with Crippen LogP contribution in [0.1, 0.15) is 48.9 Å². The van der Waals surface area contributed by atoms with E-state index in [1.807, 2.05) is 0 Å². The van der Waals surface area contributed by atoms with Gasteiger partial charge >= 0.3 is 0 Å². The first-order valence-electron chi connectivity index (χ1n) is 7.02.